The van der Waals surface area contributed by atoms with Gasteiger partial charge in [-0.1, -0.05) is 23.8 Å². The van der Waals surface area contributed by atoms with Crippen molar-refractivity contribution in [1.82, 2.24) is 0 Å². The summed E-state index contributed by atoms with van der Waals surface area (Å²) in [6.45, 7) is 4.06. The monoisotopic (exact) mass is 168 g/mol. The molecule has 0 aromatic heterocycles. The van der Waals surface area contributed by atoms with Gasteiger partial charge in [0.15, 0.2) is 0 Å². The Morgan fingerprint density at radius 1 is 1.42 bits per heavy atom. The topological polar surface area (TPSA) is 37.3 Å². The van der Waals surface area contributed by atoms with Crippen molar-refractivity contribution in [3.05, 3.63) is 23.8 Å². The van der Waals surface area contributed by atoms with Gasteiger partial charge < -0.3 is 5.11 Å². The zero-order valence-electron chi connectivity index (χ0n) is 7.71. The molecule has 0 saturated carbocycles. The van der Waals surface area contributed by atoms with E-state index in [1.165, 1.54) is 5.57 Å². The van der Waals surface area contributed by atoms with Gasteiger partial charge in [0.1, 0.15) is 0 Å². The second kappa shape index (κ2) is 6.65. The third-order valence-electron chi connectivity index (χ3n) is 1.33. The van der Waals surface area contributed by atoms with E-state index < -0.39 is 5.97 Å². The molecule has 0 spiro atoms. The summed E-state index contributed by atoms with van der Waals surface area (Å²) in [5.41, 5.74) is 1.25. The molecule has 2 heteroatoms. The molecule has 0 bridgehead atoms. The molecule has 2 nitrogen and oxygen atoms in total. The van der Waals surface area contributed by atoms with Crippen molar-refractivity contribution in [3.63, 3.8) is 0 Å². The molecule has 0 rings (SSSR count). The summed E-state index contributed by atoms with van der Waals surface area (Å²) in [6, 6.07) is 0. The maximum Gasteiger partial charge on any atom is 0.303 e. The highest BCUT2D eigenvalue weighted by atomic mass is 16.4. The Balaban J connectivity index is 3.37. The number of carboxylic acid groups (broad SMARTS) is 1. The van der Waals surface area contributed by atoms with E-state index in [-0.39, 0.29) is 6.42 Å². The van der Waals surface area contributed by atoms with Crippen LogP contribution in [-0.4, -0.2) is 11.1 Å². The molecule has 0 atom stereocenters. The zero-order valence-corrected chi connectivity index (χ0v) is 7.71. The van der Waals surface area contributed by atoms with Crippen LogP contribution in [0.2, 0.25) is 0 Å². The van der Waals surface area contributed by atoms with Gasteiger partial charge in [0.2, 0.25) is 0 Å². The van der Waals surface area contributed by atoms with E-state index in [1.807, 2.05) is 32.1 Å². The molecule has 0 amide bonds. The van der Waals surface area contributed by atoms with Gasteiger partial charge in [-0.3, -0.25) is 4.79 Å². The van der Waals surface area contributed by atoms with E-state index in [4.69, 9.17) is 5.11 Å². The number of unbranched alkanes of at least 4 members (excludes halogenated alkanes) is 1. The minimum absolute atomic E-state index is 0.263. The van der Waals surface area contributed by atoms with Crippen LogP contribution >= 0.6 is 0 Å². The molecule has 0 aliphatic heterocycles. The highest BCUT2D eigenvalue weighted by Gasteiger charge is 1.92. The van der Waals surface area contributed by atoms with Gasteiger partial charge in [0.05, 0.1) is 0 Å². The molecule has 0 aromatic carbocycles. The molecule has 0 radical (unpaired) electrons. The summed E-state index contributed by atoms with van der Waals surface area (Å²) < 4.78 is 0. The Labute approximate surface area is 73.6 Å². The van der Waals surface area contributed by atoms with E-state index in [0.717, 1.165) is 12.8 Å². The molecule has 12 heavy (non-hydrogen) atoms. The minimum Gasteiger partial charge on any atom is -0.481 e. The summed E-state index contributed by atoms with van der Waals surface area (Å²) in [4.78, 5) is 10.1. The van der Waals surface area contributed by atoms with Crippen molar-refractivity contribution >= 4 is 5.97 Å². The first kappa shape index (κ1) is 11.0. The fourth-order valence-corrected chi connectivity index (χ4v) is 0.728. The summed E-state index contributed by atoms with van der Waals surface area (Å²) in [6.07, 6.45) is 7.81. The molecule has 0 unspecified atom stereocenters. The standard InChI is InChI=1S/C10H16O2/c1-9(2)7-5-3-4-6-8-10(11)12/h3,5,7H,4,6,8H2,1-2H3,(H,11,12)/b5-3+. The maximum absolute atomic E-state index is 10.1. The highest BCUT2D eigenvalue weighted by molar-refractivity contribution is 5.66. The van der Waals surface area contributed by atoms with E-state index in [0.29, 0.717) is 0 Å². The van der Waals surface area contributed by atoms with Crippen molar-refractivity contribution in [2.24, 2.45) is 0 Å². The largest absolute Gasteiger partial charge is 0.481 e. The molecular weight excluding hydrogens is 152 g/mol. The van der Waals surface area contributed by atoms with Crippen LogP contribution in [0.3, 0.4) is 0 Å². The first-order valence-electron chi connectivity index (χ1n) is 4.14. The molecule has 0 aliphatic rings. The number of rotatable bonds is 5. The average molecular weight is 168 g/mol. The Morgan fingerprint density at radius 2 is 2.08 bits per heavy atom. The van der Waals surface area contributed by atoms with Crippen LogP contribution in [0.25, 0.3) is 0 Å². The Hall–Kier alpha value is -1.05. The number of allylic oxidation sites excluding steroid dienone is 4. The lowest BCUT2D eigenvalue weighted by Crippen LogP contribution is -1.92. The molecule has 0 heterocycles. The number of carboxylic acids is 1. The first-order chi connectivity index (χ1) is 5.63. The SMILES string of the molecule is CC(C)=C/C=C/CCCC(=O)O. The first-order valence-corrected chi connectivity index (χ1v) is 4.14. The van der Waals surface area contributed by atoms with Crippen LogP contribution in [0, 0.1) is 0 Å². The van der Waals surface area contributed by atoms with Crippen molar-refractivity contribution in [3.8, 4) is 0 Å². The molecule has 68 valence electrons. The van der Waals surface area contributed by atoms with Gasteiger partial charge in [-0.2, -0.15) is 0 Å². The van der Waals surface area contributed by atoms with Gasteiger partial charge in [-0.25, -0.2) is 0 Å². The predicted octanol–water partition coefficient (Wildman–Crippen LogP) is 2.76. The van der Waals surface area contributed by atoms with Gasteiger partial charge >= 0.3 is 5.97 Å². The number of hydrogen-bond acceptors (Lipinski definition) is 1. The van der Waals surface area contributed by atoms with Crippen molar-refractivity contribution in [2.45, 2.75) is 33.1 Å². The predicted molar refractivity (Wildman–Crippen MR) is 50.1 cm³/mol. The van der Waals surface area contributed by atoms with Crippen LogP contribution in [0.4, 0.5) is 0 Å². The van der Waals surface area contributed by atoms with Gasteiger partial charge in [-0.05, 0) is 26.7 Å². The zero-order chi connectivity index (χ0) is 9.40. The van der Waals surface area contributed by atoms with Crippen molar-refractivity contribution in [2.75, 3.05) is 0 Å². The Kier molecular flexibility index (Phi) is 6.07. The fourth-order valence-electron chi connectivity index (χ4n) is 0.728. The molecule has 0 aromatic rings. The van der Waals surface area contributed by atoms with Gasteiger partial charge in [0.25, 0.3) is 0 Å². The second-order valence-corrected chi connectivity index (χ2v) is 2.96. The Morgan fingerprint density at radius 3 is 2.58 bits per heavy atom. The number of hydrogen-bond donors (Lipinski definition) is 1. The van der Waals surface area contributed by atoms with E-state index in [9.17, 15) is 4.79 Å². The number of carbonyl (C=O) groups is 1. The molecule has 0 aliphatic carbocycles. The van der Waals surface area contributed by atoms with Gasteiger partial charge in [-0.15, -0.1) is 0 Å². The lowest BCUT2D eigenvalue weighted by atomic mass is 10.2. The smallest absolute Gasteiger partial charge is 0.303 e. The van der Waals surface area contributed by atoms with Crippen LogP contribution in [0.15, 0.2) is 23.8 Å². The summed E-state index contributed by atoms with van der Waals surface area (Å²) in [5.74, 6) is -0.717. The van der Waals surface area contributed by atoms with Crippen LogP contribution in [0.1, 0.15) is 33.1 Å². The maximum atomic E-state index is 10.1. The second-order valence-electron chi connectivity index (χ2n) is 2.96. The number of aliphatic carboxylic acids is 1. The minimum atomic E-state index is -0.717. The summed E-state index contributed by atoms with van der Waals surface area (Å²) in [7, 11) is 0. The van der Waals surface area contributed by atoms with Gasteiger partial charge in [0, 0.05) is 6.42 Å². The fraction of sp³-hybridized carbons (Fsp3) is 0.500. The van der Waals surface area contributed by atoms with Crippen LogP contribution in [0.5, 0.6) is 0 Å². The van der Waals surface area contributed by atoms with Crippen molar-refractivity contribution < 1.29 is 9.90 Å². The normalized spacial score (nSPS) is 10.2. The molecule has 0 saturated heterocycles. The quantitative estimate of drug-likeness (QED) is 0.506. The summed E-state index contributed by atoms with van der Waals surface area (Å²) in [5, 5.41) is 8.32. The lowest BCUT2D eigenvalue weighted by Gasteiger charge is -1.89. The van der Waals surface area contributed by atoms with E-state index in [1.54, 1.807) is 0 Å². The van der Waals surface area contributed by atoms with E-state index in [2.05, 4.69) is 0 Å². The van der Waals surface area contributed by atoms with E-state index >= 15 is 0 Å². The molecule has 0 fully saturated rings. The van der Waals surface area contributed by atoms with Crippen LogP contribution in [-0.2, 0) is 4.79 Å². The molecular formula is C10H16O2. The average Bonchev–Trinajstić information content (AvgIpc) is 1.95. The summed E-state index contributed by atoms with van der Waals surface area (Å²) >= 11 is 0. The lowest BCUT2D eigenvalue weighted by molar-refractivity contribution is -0.137. The van der Waals surface area contributed by atoms with Crippen LogP contribution < -0.4 is 0 Å². The third kappa shape index (κ3) is 8.95. The third-order valence-corrected chi connectivity index (χ3v) is 1.33. The Bertz CT molecular complexity index is 186. The molecule has 1 N–H and O–H groups in total. The van der Waals surface area contributed by atoms with Crippen molar-refractivity contribution in [1.29, 1.82) is 0 Å². The highest BCUT2D eigenvalue weighted by Crippen LogP contribution is 1.97.